The van der Waals surface area contributed by atoms with Crippen molar-refractivity contribution in [3.05, 3.63) is 77.0 Å². The Morgan fingerprint density at radius 2 is 1.87 bits per heavy atom. The van der Waals surface area contributed by atoms with Gasteiger partial charge >= 0.3 is 0 Å². The van der Waals surface area contributed by atoms with Gasteiger partial charge in [0.2, 0.25) is 0 Å². The minimum atomic E-state index is -0.825. The molecule has 31 heavy (non-hydrogen) atoms. The molecule has 1 atom stereocenters. The number of halogens is 1. The van der Waals surface area contributed by atoms with Crippen molar-refractivity contribution in [2.45, 2.75) is 13.0 Å². The zero-order chi connectivity index (χ0) is 22.3. The van der Waals surface area contributed by atoms with E-state index in [0.717, 1.165) is 0 Å². The third-order valence-corrected chi connectivity index (χ3v) is 5.44. The van der Waals surface area contributed by atoms with Crippen LogP contribution in [0.5, 0.6) is 0 Å². The number of aliphatic hydroxyl groups excluding tert-OH is 1. The fourth-order valence-corrected chi connectivity index (χ4v) is 3.94. The van der Waals surface area contributed by atoms with Crippen molar-refractivity contribution < 1.29 is 19.1 Å². The number of amides is 1. The Bertz CT molecular complexity index is 1200. The number of likely N-dealkylation sites (N-methyl/N-ethyl adjacent to an activating group) is 1. The first-order valence-corrected chi connectivity index (χ1v) is 9.92. The molecule has 8 heteroatoms. The fourth-order valence-electron chi connectivity index (χ4n) is 3.94. The number of fused-ring (bicyclic) bond motifs is 1. The van der Waals surface area contributed by atoms with Crippen molar-refractivity contribution in [1.29, 1.82) is 0 Å². The molecule has 0 saturated carbocycles. The average molecular weight is 422 g/mol. The number of pyridine rings is 1. The third kappa shape index (κ3) is 3.59. The number of likely N-dealkylation sites (tertiary alicyclic amines) is 1. The summed E-state index contributed by atoms with van der Waals surface area (Å²) < 4.78 is 15.2. The number of aromatic nitrogens is 2. The van der Waals surface area contributed by atoms with Crippen molar-refractivity contribution in [3.63, 3.8) is 0 Å². The first kappa shape index (κ1) is 20.7. The molecule has 3 aromatic rings. The molecule has 0 bridgehead atoms. The Hall–Kier alpha value is -3.52. The highest BCUT2D eigenvalue weighted by molar-refractivity contribution is 6.46. The second-order valence-electron chi connectivity index (χ2n) is 7.82. The fraction of sp³-hybridized carbons (Fsp3) is 0.261. The maximum Gasteiger partial charge on any atom is 0.295 e. The number of ketones is 1. The van der Waals surface area contributed by atoms with Gasteiger partial charge in [-0.15, -0.1) is 0 Å². The summed E-state index contributed by atoms with van der Waals surface area (Å²) in [5.41, 5.74) is 2.02. The molecule has 1 fully saturated rings. The number of aryl methyl sites for hydroxylation is 1. The van der Waals surface area contributed by atoms with Gasteiger partial charge in [-0.1, -0.05) is 18.2 Å². The Morgan fingerprint density at radius 1 is 1.16 bits per heavy atom. The number of imidazole rings is 1. The maximum absolute atomic E-state index is 13.6. The summed E-state index contributed by atoms with van der Waals surface area (Å²) in [5.74, 6) is -2.18. The molecule has 1 N–H and O–H groups in total. The number of Topliss-reactive ketones (excluding diaryl/α,β-unsaturated/α-hetero) is 1. The number of aliphatic hydroxyl groups is 1. The minimum Gasteiger partial charge on any atom is -0.505 e. The quantitative estimate of drug-likeness (QED) is 0.389. The summed E-state index contributed by atoms with van der Waals surface area (Å²) in [6.07, 6.45) is 1.74. The van der Waals surface area contributed by atoms with Gasteiger partial charge in [0, 0.05) is 19.3 Å². The Balaban J connectivity index is 1.92. The Kier molecular flexibility index (Phi) is 5.32. The lowest BCUT2D eigenvalue weighted by molar-refractivity contribution is -0.140. The number of hydrogen-bond acceptors (Lipinski definition) is 5. The molecule has 7 nitrogen and oxygen atoms in total. The summed E-state index contributed by atoms with van der Waals surface area (Å²) >= 11 is 0. The van der Waals surface area contributed by atoms with Crippen LogP contribution in [-0.2, 0) is 9.59 Å². The largest absolute Gasteiger partial charge is 0.505 e. The maximum atomic E-state index is 13.6. The smallest absolute Gasteiger partial charge is 0.295 e. The van der Waals surface area contributed by atoms with Crippen LogP contribution in [0.15, 0.2) is 54.2 Å². The third-order valence-electron chi connectivity index (χ3n) is 5.44. The van der Waals surface area contributed by atoms with Crippen LogP contribution in [-0.4, -0.2) is 63.2 Å². The molecule has 1 aromatic carbocycles. The van der Waals surface area contributed by atoms with E-state index in [0.29, 0.717) is 29.1 Å². The lowest BCUT2D eigenvalue weighted by atomic mass is 9.96. The molecular weight excluding hydrogens is 399 g/mol. The van der Waals surface area contributed by atoms with Gasteiger partial charge in [0.05, 0.1) is 17.3 Å². The van der Waals surface area contributed by atoms with Crippen LogP contribution in [0, 0.1) is 12.7 Å². The molecule has 1 aliphatic heterocycles. The van der Waals surface area contributed by atoms with Crippen LogP contribution in [0.1, 0.15) is 23.0 Å². The minimum absolute atomic E-state index is 0.0240. The summed E-state index contributed by atoms with van der Waals surface area (Å²) in [7, 11) is 3.73. The van der Waals surface area contributed by atoms with Gasteiger partial charge in [-0.2, -0.15) is 0 Å². The van der Waals surface area contributed by atoms with Gasteiger partial charge in [-0.05, 0) is 50.8 Å². The van der Waals surface area contributed by atoms with Crippen LogP contribution in [0.25, 0.3) is 11.4 Å². The van der Waals surface area contributed by atoms with Gasteiger partial charge in [-0.3, -0.25) is 14.0 Å². The number of hydrogen-bond donors (Lipinski definition) is 1. The van der Waals surface area contributed by atoms with E-state index in [4.69, 9.17) is 0 Å². The van der Waals surface area contributed by atoms with Crippen molar-refractivity contribution in [1.82, 2.24) is 19.2 Å². The molecule has 0 radical (unpaired) electrons. The average Bonchev–Trinajstić information content (AvgIpc) is 3.20. The van der Waals surface area contributed by atoms with Crippen molar-refractivity contribution in [3.8, 4) is 0 Å². The summed E-state index contributed by atoms with van der Waals surface area (Å²) in [6, 6.07) is 10.2. The molecule has 0 spiro atoms. The van der Waals surface area contributed by atoms with Crippen molar-refractivity contribution >= 4 is 23.1 Å². The highest BCUT2D eigenvalue weighted by atomic mass is 19.1. The van der Waals surface area contributed by atoms with Gasteiger partial charge < -0.3 is 14.9 Å². The molecule has 1 aliphatic rings. The number of carbonyl (C=O) groups is 2. The van der Waals surface area contributed by atoms with E-state index in [2.05, 4.69) is 4.98 Å². The SMILES string of the molecule is Cc1nc2ccccn2c1C(O)=C1C(=O)C(=O)N(CCN(C)C)[C@@H]1c1ccc(F)cc1. The number of rotatable bonds is 5. The second kappa shape index (κ2) is 7.96. The molecule has 4 rings (SSSR count). The van der Waals surface area contributed by atoms with E-state index < -0.39 is 23.5 Å². The van der Waals surface area contributed by atoms with Crippen LogP contribution >= 0.6 is 0 Å². The van der Waals surface area contributed by atoms with Gasteiger partial charge in [0.15, 0.2) is 5.76 Å². The number of benzene rings is 1. The zero-order valence-corrected chi connectivity index (χ0v) is 17.5. The Labute approximate surface area is 179 Å². The predicted molar refractivity (Wildman–Crippen MR) is 114 cm³/mol. The lowest BCUT2D eigenvalue weighted by Gasteiger charge is -2.26. The van der Waals surface area contributed by atoms with E-state index in [1.54, 1.807) is 29.7 Å². The molecule has 0 aliphatic carbocycles. The lowest BCUT2D eigenvalue weighted by Crippen LogP contribution is -2.35. The van der Waals surface area contributed by atoms with Gasteiger partial charge in [0.25, 0.3) is 11.7 Å². The van der Waals surface area contributed by atoms with Crippen molar-refractivity contribution in [2.24, 2.45) is 0 Å². The standard InChI is InChI=1S/C23H23FN4O3/c1-14-19(27-11-5-4-6-17(27)25-14)21(29)18-20(15-7-9-16(24)10-8-15)28(13-12-26(2)3)23(31)22(18)30/h4-11,20,29H,12-13H2,1-3H3/t20-/m1/s1. The van der Waals surface area contributed by atoms with Crippen molar-refractivity contribution in [2.75, 3.05) is 27.2 Å². The van der Waals surface area contributed by atoms with Crippen LogP contribution in [0.4, 0.5) is 4.39 Å². The molecule has 0 unspecified atom stereocenters. The van der Waals surface area contributed by atoms with Crippen LogP contribution < -0.4 is 0 Å². The highest BCUT2D eigenvalue weighted by Gasteiger charge is 2.46. The molecule has 3 heterocycles. The Morgan fingerprint density at radius 3 is 2.55 bits per heavy atom. The van der Waals surface area contributed by atoms with E-state index in [-0.39, 0.29) is 17.9 Å². The normalized spacial score (nSPS) is 18.5. The predicted octanol–water partition coefficient (Wildman–Crippen LogP) is 2.77. The van der Waals surface area contributed by atoms with E-state index in [9.17, 15) is 19.1 Å². The molecule has 160 valence electrons. The van der Waals surface area contributed by atoms with Gasteiger partial charge in [-0.25, -0.2) is 9.37 Å². The second-order valence-corrected chi connectivity index (χ2v) is 7.82. The molecule has 2 aromatic heterocycles. The summed E-state index contributed by atoms with van der Waals surface area (Å²) in [6.45, 7) is 2.54. The molecular formula is C23H23FN4O3. The summed E-state index contributed by atoms with van der Waals surface area (Å²) in [4.78, 5) is 33.8. The summed E-state index contributed by atoms with van der Waals surface area (Å²) in [5, 5.41) is 11.3. The monoisotopic (exact) mass is 422 g/mol. The number of carbonyl (C=O) groups excluding carboxylic acids is 2. The molecule has 1 saturated heterocycles. The zero-order valence-electron chi connectivity index (χ0n) is 17.5. The molecule has 1 amide bonds. The van der Waals surface area contributed by atoms with Crippen LogP contribution in [0.3, 0.4) is 0 Å². The highest BCUT2D eigenvalue weighted by Crippen LogP contribution is 2.39. The first-order valence-electron chi connectivity index (χ1n) is 9.92. The van der Waals surface area contributed by atoms with Crippen LogP contribution in [0.2, 0.25) is 0 Å². The van der Waals surface area contributed by atoms with E-state index in [1.807, 2.05) is 25.1 Å². The topological polar surface area (TPSA) is 78.1 Å². The van der Waals surface area contributed by atoms with Gasteiger partial charge in [0.1, 0.15) is 17.2 Å². The number of nitrogens with zero attached hydrogens (tertiary/aromatic N) is 4. The first-order chi connectivity index (χ1) is 14.8. The van der Waals surface area contributed by atoms with E-state index in [1.165, 1.54) is 29.2 Å². The van der Waals surface area contributed by atoms with E-state index >= 15 is 0 Å².